The first kappa shape index (κ1) is 15.4. The summed E-state index contributed by atoms with van der Waals surface area (Å²) in [4.78, 5) is 0. The van der Waals surface area contributed by atoms with Gasteiger partial charge in [0, 0.05) is 20.2 Å². The molecule has 0 aliphatic heterocycles. The Balaban J connectivity index is 2.21. The summed E-state index contributed by atoms with van der Waals surface area (Å²) >= 11 is 7.00. The molecule has 0 saturated carbocycles. The lowest BCUT2D eigenvalue weighted by atomic mass is 10.0. The molecule has 0 aromatic heterocycles. The van der Waals surface area contributed by atoms with Crippen LogP contribution in [0.5, 0.6) is 5.75 Å². The number of nitrogens with two attached hydrogens (primary N) is 1. The summed E-state index contributed by atoms with van der Waals surface area (Å²) < 4.78 is 7.94. The lowest BCUT2D eigenvalue weighted by Gasteiger charge is -2.15. The van der Waals surface area contributed by atoms with Crippen LogP contribution in [0.1, 0.15) is 30.9 Å². The Morgan fingerprint density at radius 3 is 2.60 bits per heavy atom. The van der Waals surface area contributed by atoms with Gasteiger partial charge in [-0.15, -0.1) is 0 Å². The quantitative estimate of drug-likeness (QED) is 0.690. The number of nitrogen functional groups attached to an aromatic ring is 1. The van der Waals surface area contributed by atoms with Crippen LogP contribution in [-0.4, -0.2) is 0 Å². The average molecular weight is 399 g/mol. The maximum atomic E-state index is 5.97. The molecule has 0 amide bonds. The average Bonchev–Trinajstić information content (AvgIpc) is 2.41. The zero-order valence-electron chi connectivity index (χ0n) is 11.5. The monoisotopic (exact) mass is 397 g/mol. The van der Waals surface area contributed by atoms with Gasteiger partial charge in [-0.25, -0.2) is 0 Å². The number of hydrogen-bond donors (Lipinski definition) is 1. The highest BCUT2D eigenvalue weighted by Gasteiger charge is 2.10. The molecule has 0 radical (unpaired) electrons. The molecule has 2 N–H and O–H groups in total. The van der Waals surface area contributed by atoms with Crippen molar-refractivity contribution >= 4 is 37.5 Å². The van der Waals surface area contributed by atoms with E-state index in [1.807, 2.05) is 30.3 Å². The van der Waals surface area contributed by atoms with Crippen molar-refractivity contribution in [3.8, 4) is 5.75 Å². The number of anilines is 1. The van der Waals surface area contributed by atoms with Crippen LogP contribution in [0.4, 0.5) is 5.69 Å². The summed E-state index contributed by atoms with van der Waals surface area (Å²) in [5.74, 6) is 1.32. The molecule has 2 aromatic carbocycles. The number of ether oxygens (including phenoxy) is 1. The molecule has 0 atom stereocenters. The molecular weight excluding hydrogens is 382 g/mol. The number of hydrogen-bond acceptors (Lipinski definition) is 2. The van der Waals surface area contributed by atoms with Crippen molar-refractivity contribution in [2.24, 2.45) is 0 Å². The first-order chi connectivity index (χ1) is 9.49. The summed E-state index contributed by atoms with van der Waals surface area (Å²) in [6.45, 7) is 4.81. The molecule has 0 aliphatic carbocycles. The third-order valence-electron chi connectivity index (χ3n) is 3.09. The highest BCUT2D eigenvalue weighted by Crippen LogP contribution is 2.31. The smallest absolute Gasteiger partial charge is 0.123 e. The molecule has 0 spiro atoms. The third-order valence-corrected chi connectivity index (χ3v) is 4.55. The van der Waals surface area contributed by atoms with Gasteiger partial charge < -0.3 is 10.5 Å². The van der Waals surface area contributed by atoms with Gasteiger partial charge in [0.15, 0.2) is 0 Å². The van der Waals surface area contributed by atoms with Crippen LogP contribution in [-0.2, 0) is 6.61 Å². The molecule has 106 valence electrons. The van der Waals surface area contributed by atoms with E-state index in [2.05, 4.69) is 51.8 Å². The van der Waals surface area contributed by atoms with E-state index in [0.717, 1.165) is 25.9 Å². The lowest BCUT2D eigenvalue weighted by molar-refractivity contribution is 0.301. The van der Waals surface area contributed by atoms with E-state index in [-0.39, 0.29) is 0 Å². The third kappa shape index (κ3) is 3.55. The Morgan fingerprint density at radius 1 is 1.15 bits per heavy atom. The summed E-state index contributed by atoms with van der Waals surface area (Å²) in [5, 5.41) is 0. The summed E-state index contributed by atoms with van der Waals surface area (Å²) in [5.41, 5.74) is 8.84. The van der Waals surface area contributed by atoms with Gasteiger partial charge in [-0.05, 0) is 51.7 Å². The van der Waals surface area contributed by atoms with E-state index in [9.17, 15) is 0 Å². The molecule has 0 fully saturated rings. The normalized spacial score (nSPS) is 10.8. The maximum Gasteiger partial charge on any atom is 0.123 e. The second-order valence-electron chi connectivity index (χ2n) is 4.95. The van der Waals surface area contributed by atoms with E-state index < -0.39 is 0 Å². The van der Waals surface area contributed by atoms with Gasteiger partial charge in [0.05, 0.1) is 0 Å². The first-order valence-corrected chi connectivity index (χ1v) is 8.02. The second kappa shape index (κ2) is 6.64. The summed E-state index contributed by atoms with van der Waals surface area (Å²) in [7, 11) is 0. The largest absolute Gasteiger partial charge is 0.489 e. The Bertz CT molecular complexity index is 611. The highest BCUT2D eigenvalue weighted by atomic mass is 79.9. The molecule has 0 bridgehead atoms. The number of halogens is 2. The molecule has 0 aliphatic rings. The van der Waals surface area contributed by atoms with E-state index in [1.165, 1.54) is 5.56 Å². The van der Waals surface area contributed by atoms with E-state index in [1.54, 1.807) is 0 Å². The predicted molar refractivity (Wildman–Crippen MR) is 91.1 cm³/mol. The van der Waals surface area contributed by atoms with Gasteiger partial charge in [0.2, 0.25) is 0 Å². The maximum absolute atomic E-state index is 5.97. The van der Waals surface area contributed by atoms with Gasteiger partial charge in [-0.1, -0.05) is 41.9 Å². The zero-order chi connectivity index (χ0) is 14.7. The lowest BCUT2D eigenvalue weighted by Crippen LogP contribution is -2.01. The fraction of sp³-hybridized carbons (Fsp3) is 0.250. The van der Waals surface area contributed by atoms with Gasteiger partial charge in [-0.2, -0.15) is 0 Å². The molecule has 2 nitrogen and oxygen atoms in total. The molecule has 0 unspecified atom stereocenters. The minimum atomic E-state index is 0.409. The highest BCUT2D eigenvalue weighted by molar-refractivity contribution is 9.11. The standard InChI is InChI=1S/C16H17Br2NO/c1-10(2)13-8-12(17)6-7-15(13)20-9-11-4-3-5-14(19)16(11)18/h3-8,10H,9,19H2,1-2H3. The minimum Gasteiger partial charge on any atom is -0.489 e. The van der Waals surface area contributed by atoms with Crippen LogP contribution in [0.2, 0.25) is 0 Å². The Kier molecular flexibility index (Phi) is 5.11. The van der Waals surface area contributed by atoms with Crippen molar-refractivity contribution < 1.29 is 4.74 Å². The molecule has 2 rings (SSSR count). The summed E-state index contributed by atoms with van der Waals surface area (Å²) in [6, 6.07) is 11.9. The molecule has 20 heavy (non-hydrogen) atoms. The Hall–Kier alpha value is -1.00. The Morgan fingerprint density at radius 2 is 1.90 bits per heavy atom. The van der Waals surface area contributed by atoms with Gasteiger partial charge in [-0.3, -0.25) is 0 Å². The van der Waals surface area contributed by atoms with Crippen LogP contribution in [0.25, 0.3) is 0 Å². The summed E-state index contributed by atoms with van der Waals surface area (Å²) in [6.07, 6.45) is 0. The number of rotatable bonds is 4. The molecule has 2 aromatic rings. The second-order valence-corrected chi connectivity index (χ2v) is 6.65. The first-order valence-electron chi connectivity index (χ1n) is 6.44. The number of benzene rings is 2. The van der Waals surface area contributed by atoms with Crippen molar-refractivity contribution in [1.82, 2.24) is 0 Å². The van der Waals surface area contributed by atoms with Crippen molar-refractivity contribution in [3.05, 3.63) is 56.5 Å². The van der Waals surface area contributed by atoms with Crippen LogP contribution in [0, 0.1) is 0 Å². The fourth-order valence-corrected chi connectivity index (χ4v) is 2.73. The fourth-order valence-electron chi connectivity index (χ4n) is 1.97. The molecule has 0 heterocycles. The molecule has 4 heteroatoms. The topological polar surface area (TPSA) is 35.2 Å². The van der Waals surface area contributed by atoms with Crippen LogP contribution < -0.4 is 10.5 Å². The van der Waals surface area contributed by atoms with Gasteiger partial charge >= 0.3 is 0 Å². The van der Waals surface area contributed by atoms with E-state index in [4.69, 9.17) is 10.5 Å². The molecular formula is C16H17Br2NO. The molecule has 0 saturated heterocycles. The van der Waals surface area contributed by atoms with Crippen molar-refractivity contribution in [3.63, 3.8) is 0 Å². The van der Waals surface area contributed by atoms with Gasteiger partial charge in [0.25, 0.3) is 0 Å². The van der Waals surface area contributed by atoms with Crippen molar-refractivity contribution in [2.75, 3.05) is 5.73 Å². The predicted octanol–water partition coefficient (Wildman–Crippen LogP) is 5.50. The Labute approximate surface area is 136 Å². The van der Waals surface area contributed by atoms with Crippen molar-refractivity contribution in [1.29, 1.82) is 0 Å². The van der Waals surface area contributed by atoms with Crippen LogP contribution in [0.3, 0.4) is 0 Å². The zero-order valence-corrected chi connectivity index (χ0v) is 14.7. The SMILES string of the molecule is CC(C)c1cc(Br)ccc1OCc1cccc(N)c1Br. The van der Waals surface area contributed by atoms with Crippen LogP contribution >= 0.6 is 31.9 Å². The van der Waals surface area contributed by atoms with Crippen molar-refractivity contribution in [2.45, 2.75) is 26.4 Å². The van der Waals surface area contributed by atoms with Gasteiger partial charge in [0.1, 0.15) is 12.4 Å². The van der Waals surface area contributed by atoms with E-state index >= 15 is 0 Å². The van der Waals surface area contributed by atoms with E-state index in [0.29, 0.717) is 12.5 Å². The van der Waals surface area contributed by atoms with Crippen LogP contribution in [0.15, 0.2) is 45.3 Å². The minimum absolute atomic E-state index is 0.409.